The van der Waals surface area contributed by atoms with E-state index in [4.69, 9.17) is 47.4 Å². The molecule has 11 heteroatoms. The molecule has 0 aromatic rings. The van der Waals surface area contributed by atoms with E-state index in [1.165, 1.54) is 35.5 Å². The molecule has 0 aliphatic carbocycles. The van der Waals surface area contributed by atoms with Gasteiger partial charge in [0.05, 0.1) is 13.2 Å². The highest BCUT2D eigenvalue weighted by Crippen LogP contribution is 2.30. The smallest absolute Gasteiger partial charge is 0.187 e. The predicted octanol–water partition coefficient (Wildman–Crippen LogP) is -0.322. The second-order valence-corrected chi connectivity index (χ2v) is 6.97. The fraction of sp³-hybridized carbons (Fsp3) is 0.950. The summed E-state index contributed by atoms with van der Waals surface area (Å²) in [6.45, 7) is 0.421. The number of carbonyl (C=O) groups excluding carboxylic acids is 1. The molecule has 1 aliphatic rings. The Kier molecular flexibility index (Phi) is 13.8. The van der Waals surface area contributed by atoms with E-state index >= 15 is 0 Å². The van der Waals surface area contributed by atoms with E-state index in [1.54, 1.807) is 21.3 Å². The SMILES string of the molecule is COC[C@H]1O[C@@H](O[C@@H]([C@H](OC)[C@H](C=O)OC)[C@@H](COC)OC)[C@H](OC)[C@@H](OC)[C@@H]1OC. The lowest BCUT2D eigenvalue weighted by atomic mass is 9.97. The molecular formula is C20H38O11. The fourth-order valence-electron chi connectivity index (χ4n) is 3.80. The summed E-state index contributed by atoms with van der Waals surface area (Å²) in [6.07, 6.45) is -5.52. The van der Waals surface area contributed by atoms with Crippen LogP contribution in [0.4, 0.5) is 0 Å². The van der Waals surface area contributed by atoms with Crippen molar-refractivity contribution in [2.75, 3.05) is 70.1 Å². The molecule has 0 spiro atoms. The second-order valence-electron chi connectivity index (χ2n) is 6.97. The first-order valence-corrected chi connectivity index (χ1v) is 9.92. The molecule has 1 fully saturated rings. The number of hydrogen-bond donors (Lipinski definition) is 0. The maximum atomic E-state index is 11.6. The summed E-state index contributed by atoms with van der Waals surface area (Å²) in [5, 5.41) is 0. The van der Waals surface area contributed by atoms with Crippen molar-refractivity contribution in [2.24, 2.45) is 0 Å². The fourth-order valence-corrected chi connectivity index (χ4v) is 3.80. The van der Waals surface area contributed by atoms with Crippen LogP contribution in [0.25, 0.3) is 0 Å². The van der Waals surface area contributed by atoms with Gasteiger partial charge >= 0.3 is 0 Å². The van der Waals surface area contributed by atoms with Gasteiger partial charge in [-0.1, -0.05) is 0 Å². The van der Waals surface area contributed by atoms with Crippen LogP contribution >= 0.6 is 0 Å². The van der Waals surface area contributed by atoms with E-state index in [9.17, 15) is 4.79 Å². The van der Waals surface area contributed by atoms with Gasteiger partial charge in [0.25, 0.3) is 0 Å². The monoisotopic (exact) mass is 454 g/mol. The van der Waals surface area contributed by atoms with Crippen molar-refractivity contribution >= 4 is 6.29 Å². The number of hydrogen-bond acceptors (Lipinski definition) is 11. The van der Waals surface area contributed by atoms with E-state index in [0.717, 1.165) is 0 Å². The van der Waals surface area contributed by atoms with E-state index in [2.05, 4.69) is 0 Å². The molecule has 31 heavy (non-hydrogen) atoms. The molecule has 11 nitrogen and oxygen atoms in total. The Morgan fingerprint density at radius 2 is 1.42 bits per heavy atom. The summed E-state index contributed by atoms with van der Waals surface area (Å²) in [5.41, 5.74) is 0. The molecule has 184 valence electrons. The Balaban J connectivity index is 3.30. The molecule has 0 radical (unpaired) electrons. The minimum atomic E-state index is -0.914. The van der Waals surface area contributed by atoms with Crippen LogP contribution in [0, 0.1) is 0 Å². The molecule has 1 saturated heterocycles. The van der Waals surface area contributed by atoms with Gasteiger partial charge < -0.3 is 52.2 Å². The Hall–Kier alpha value is -0.730. The summed E-state index contributed by atoms with van der Waals surface area (Å²) < 4.78 is 56.4. The largest absolute Gasteiger partial charge is 0.382 e. The standard InChI is InChI=1S/C20H38O11/c1-22-10-13(25-4)17(15(26-5)12(9-21)24-3)31-20-19(29-8)18(28-7)16(27-6)14(30-20)11-23-2/h9,12-20H,10-11H2,1-8H3/t12-,13+,14+,15+,16+,17+,18-,19+,20-/m0/s1. The maximum absolute atomic E-state index is 11.6. The average molecular weight is 455 g/mol. The highest BCUT2D eigenvalue weighted by atomic mass is 16.7. The van der Waals surface area contributed by atoms with Gasteiger partial charge in [0.1, 0.15) is 48.8 Å². The van der Waals surface area contributed by atoms with Gasteiger partial charge in [-0.15, -0.1) is 0 Å². The zero-order chi connectivity index (χ0) is 23.4. The molecule has 0 aromatic heterocycles. The van der Waals surface area contributed by atoms with Crippen molar-refractivity contribution in [3.8, 4) is 0 Å². The topological polar surface area (TPSA) is 109 Å². The van der Waals surface area contributed by atoms with E-state index in [-0.39, 0.29) is 13.2 Å². The minimum absolute atomic E-state index is 0.177. The molecular weight excluding hydrogens is 416 g/mol. The van der Waals surface area contributed by atoms with Crippen molar-refractivity contribution < 1.29 is 52.2 Å². The number of aldehydes is 1. The first-order chi connectivity index (χ1) is 15.0. The lowest BCUT2D eigenvalue weighted by Crippen LogP contribution is -2.63. The highest BCUT2D eigenvalue weighted by Gasteiger charge is 2.50. The second kappa shape index (κ2) is 15.2. The van der Waals surface area contributed by atoms with Gasteiger partial charge in [-0.25, -0.2) is 0 Å². The summed E-state index contributed by atoms with van der Waals surface area (Å²) in [5.74, 6) is 0. The van der Waals surface area contributed by atoms with Crippen LogP contribution in [0.15, 0.2) is 0 Å². The Morgan fingerprint density at radius 1 is 0.774 bits per heavy atom. The first-order valence-electron chi connectivity index (χ1n) is 9.92. The molecule has 1 rings (SSSR count). The third kappa shape index (κ3) is 7.13. The Bertz CT molecular complexity index is 480. The van der Waals surface area contributed by atoms with Gasteiger partial charge in [0.2, 0.25) is 0 Å². The van der Waals surface area contributed by atoms with E-state index < -0.39 is 55.1 Å². The Morgan fingerprint density at radius 3 is 1.84 bits per heavy atom. The summed E-state index contributed by atoms with van der Waals surface area (Å²) >= 11 is 0. The van der Waals surface area contributed by atoms with E-state index in [1.807, 2.05) is 0 Å². The van der Waals surface area contributed by atoms with Crippen LogP contribution in [0.3, 0.4) is 0 Å². The molecule has 0 N–H and O–H groups in total. The lowest BCUT2D eigenvalue weighted by molar-refractivity contribution is -0.337. The number of ether oxygens (including phenoxy) is 10. The highest BCUT2D eigenvalue weighted by molar-refractivity contribution is 5.57. The molecule has 1 aliphatic heterocycles. The van der Waals surface area contributed by atoms with Crippen molar-refractivity contribution in [1.82, 2.24) is 0 Å². The predicted molar refractivity (Wildman–Crippen MR) is 108 cm³/mol. The minimum Gasteiger partial charge on any atom is -0.382 e. The van der Waals surface area contributed by atoms with Gasteiger partial charge in [-0.3, -0.25) is 0 Å². The zero-order valence-corrected chi connectivity index (χ0v) is 19.7. The van der Waals surface area contributed by atoms with Crippen LogP contribution in [0.5, 0.6) is 0 Å². The van der Waals surface area contributed by atoms with Crippen LogP contribution < -0.4 is 0 Å². The Labute approximate surface area is 184 Å². The number of carbonyl (C=O) groups is 1. The maximum Gasteiger partial charge on any atom is 0.187 e. The van der Waals surface area contributed by atoms with Crippen molar-refractivity contribution in [3.05, 3.63) is 0 Å². The quantitative estimate of drug-likeness (QED) is 0.286. The zero-order valence-electron chi connectivity index (χ0n) is 19.7. The van der Waals surface area contributed by atoms with Gasteiger partial charge in [-0.2, -0.15) is 0 Å². The van der Waals surface area contributed by atoms with Gasteiger partial charge in [-0.05, 0) is 0 Å². The van der Waals surface area contributed by atoms with Crippen LogP contribution in [0.1, 0.15) is 0 Å². The molecule has 0 saturated carbocycles. The van der Waals surface area contributed by atoms with Crippen LogP contribution in [-0.4, -0.2) is 132 Å². The van der Waals surface area contributed by atoms with Crippen LogP contribution in [-0.2, 0) is 52.2 Å². The number of rotatable bonds is 16. The van der Waals surface area contributed by atoms with Crippen molar-refractivity contribution in [3.63, 3.8) is 0 Å². The summed E-state index contributed by atoms with van der Waals surface area (Å²) in [4.78, 5) is 11.6. The number of methoxy groups -OCH3 is 8. The van der Waals surface area contributed by atoms with Gasteiger partial charge in [0, 0.05) is 56.9 Å². The lowest BCUT2D eigenvalue weighted by Gasteiger charge is -2.46. The molecule has 9 atom stereocenters. The average Bonchev–Trinajstić information content (AvgIpc) is 2.79. The van der Waals surface area contributed by atoms with Crippen LogP contribution in [0.2, 0.25) is 0 Å². The first kappa shape index (κ1) is 28.3. The van der Waals surface area contributed by atoms with Crippen molar-refractivity contribution in [2.45, 2.75) is 55.1 Å². The normalized spacial score (nSPS) is 30.5. The molecule has 1 heterocycles. The molecule has 0 aromatic carbocycles. The summed E-state index contributed by atoms with van der Waals surface area (Å²) in [7, 11) is 12.1. The third-order valence-corrected chi connectivity index (χ3v) is 5.36. The van der Waals surface area contributed by atoms with Gasteiger partial charge in [0.15, 0.2) is 12.6 Å². The molecule has 0 bridgehead atoms. The third-order valence-electron chi connectivity index (χ3n) is 5.36. The molecule has 0 unspecified atom stereocenters. The van der Waals surface area contributed by atoms with Crippen molar-refractivity contribution in [1.29, 1.82) is 0 Å². The molecule has 0 amide bonds. The summed E-state index contributed by atoms with van der Waals surface area (Å²) in [6, 6.07) is 0. The van der Waals surface area contributed by atoms with E-state index in [0.29, 0.717) is 6.29 Å².